The van der Waals surface area contributed by atoms with E-state index < -0.39 is 0 Å². The van der Waals surface area contributed by atoms with Crippen LogP contribution in [0.3, 0.4) is 0 Å². The average molecular weight is 733 g/mol. The smallest absolute Gasteiger partial charge is 0.109 e. The predicted molar refractivity (Wildman–Crippen MR) is 240 cm³/mol. The molecule has 3 heterocycles. The number of thiophene rings is 1. The van der Waals surface area contributed by atoms with E-state index in [1.54, 1.807) is 0 Å². The summed E-state index contributed by atoms with van der Waals surface area (Å²) in [6.45, 7) is 4.70. The van der Waals surface area contributed by atoms with Crippen LogP contribution in [0, 0.1) is 0 Å². The summed E-state index contributed by atoms with van der Waals surface area (Å²) in [4.78, 5) is 3.79. The zero-order chi connectivity index (χ0) is 37.1. The normalized spacial score (nSPS) is 13.3. The topological polar surface area (TPSA) is 7.65 Å². The third-order valence-electron chi connectivity index (χ3n) is 12.3. The number of anilines is 3. The fourth-order valence-electron chi connectivity index (χ4n) is 9.75. The number of hydrogen-bond donors (Lipinski definition) is 0. The van der Waals surface area contributed by atoms with Gasteiger partial charge in [-0.15, -0.1) is 11.3 Å². The fourth-order valence-corrected chi connectivity index (χ4v) is 11.0. The van der Waals surface area contributed by atoms with Gasteiger partial charge >= 0.3 is 0 Å². The molecule has 3 heteroatoms. The molecule has 0 saturated carbocycles. The largest absolute Gasteiger partial charge is 0.310 e. The van der Waals surface area contributed by atoms with E-state index in [2.05, 4.69) is 205 Å². The highest BCUT2D eigenvalue weighted by Crippen LogP contribution is 2.52. The second-order valence-corrected chi connectivity index (χ2v) is 16.8. The van der Waals surface area contributed by atoms with Gasteiger partial charge in [0, 0.05) is 54.0 Å². The Balaban J connectivity index is 1.10. The molecule has 0 amide bonds. The van der Waals surface area contributed by atoms with Gasteiger partial charge in [0.1, 0.15) is 4.83 Å². The molecule has 56 heavy (non-hydrogen) atoms. The van der Waals surface area contributed by atoms with Crippen LogP contribution in [0.4, 0.5) is 17.1 Å². The van der Waals surface area contributed by atoms with E-state index in [1.165, 1.54) is 92.0 Å². The van der Waals surface area contributed by atoms with Crippen molar-refractivity contribution in [2.24, 2.45) is 0 Å². The van der Waals surface area contributed by atoms with Gasteiger partial charge in [0.25, 0.3) is 0 Å². The average Bonchev–Trinajstić information content (AvgIpc) is 3.95. The first-order valence-corrected chi connectivity index (χ1v) is 20.3. The number of fused-ring (bicyclic) bond motifs is 11. The lowest BCUT2D eigenvalue weighted by atomic mass is 9.82. The van der Waals surface area contributed by atoms with Crippen LogP contribution in [-0.2, 0) is 5.41 Å². The van der Waals surface area contributed by atoms with Crippen molar-refractivity contribution >= 4 is 75.9 Å². The second-order valence-electron chi connectivity index (χ2n) is 15.7. The van der Waals surface area contributed by atoms with Gasteiger partial charge in [-0.3, -0.25) is 4.40 Å². The highest BCUT2D eigenvalue weighted by Gasteiger charge is 2.35. The molecule has 0 atom stereocenters. The van der Waals surface area contributed by atoms with Gasteiger partial charge in [-0.2, -0.15) is 0 Å². The molecule has 0 spiro atoms. The summed E-state index contributed by atoms with van der Waals surface area (Å²) in [5.74, 6) is 0. The molecule has 0 unspecified atom stereocenters. The lowest BCUT2D eigenvalue weighted by Gasteiger charge is -2.29. The second kappa shape index (κ2) is 11.7. The minimum atomic E-state index is -0.0615. The van der Waals surface area contributed by atoms with Crippen LogP contribution in [0.25, 0.3) is 80.9 Å². The Bertz CT molecular complexity index is 3340. The summed E-state index contributed by atoms with van der Waals surface area (Å²) in [6.07, 6.45) is 0. The molecule has 3 aromatic heterocycles. The number of benzene rings is 8. The molecule has 8 aromatic carbocycles. The minimum absolute atomic E-state index is 0.0615. The summed E-state index contributed by atoms with van der Waals surface area (Å²) in [5, 5.41) is 6.60. The van der Waals surface area contributed by atoms with Gasteiger partial charge in [0.15, 0.2) is 0 Å². The summed E-state index contributed by atoms with van der Waals surface area (Å²) >= 11 is 1.90. The highest BCUT2D eigenvalue weighted by atomic mass is 32.1. The van der Waals surface area contributed by atoms with Crippen LogP contribution >= 0.6 is 11.3 Å². The Kier molecular flexibility index (Phi) is 6.59. The van der Waals surface area contributed by atoms with Crippen molar-refractivity contribution in [3.63, 3.8) is 0 Å². The molecule has 0 fully saturated rings. The van der Waals surface area contributed by atoms with Crippen LogP contribution in [0.5, 0.6) is 0 Å². The molecule has 264 valence electrons. The van der Waals surface area contributed by atoms with Gasteiger partial charge in [0.2, 0.25) is 0 Å². The summed E-state index contributed by atoms with van der Waals surface area (Å²) in [6, 6.07) is 67.4. The summed E-state index contributed by atoms with van der Waals surface area (Å²) < 4.78 is 3.84. The van der Waals surface area contributed by atoms with Crippen molar-refractivity contribution < 1.29 is 0 Å². The van der Waals surface area contributed by atoms with Gasteiger partial charge in [-0.05, 0) is 93.5 Å². The lowest BCUT2D eigenvalue weighted by molar-refractivity contribution is 0.660. The van der Waals surface area contributed by atoms with E-state index in [1.807, 2.05) is 11.3 Å². The van der Waals surface area contributed by atoms with Crippen LogP contribution in [0.1, 0.15) is 25.0 Å². The maximum Gasteiger partial charge on any atom is 0.109 e. The van der Waals surface area contributed by atoms with Crippen molar-refractivity contribution in [3.05, 3.63) is 193 Å². The number of para-hydroxylation sites is 2. The lowest BCUT2D eigenvalue weighted by Crippen LogP contribution is -2.15. The van der Waals surface area contributed by atoms with Crippen LogP contribution in [0.15, 0.2) is 182 Å². The Labute approximate surface area is 329 Å². The molecule has 0 bridgehead atoms. The standard InChI is InChI=1S/C53H36N2S/c1-53(2)45-23-10-6-20-39(45)42-32-37(27-28-46(42)53)54(47-24-11-7-19-38(47)33-15-4-3-5-16-33)36-18-14-17-34(29-36)35-30-43-40-21-8-12-25-48(40)55-51(43)44(31-35)50-41-22-9-13-26-49(41)56-52(50)55/h3-32H,1-2H3. The quantitative estimate of drug-likeness (QED) is 0.171. The van der Waals surface area contributed by atoms with Crippen LogP contribution in [-0.4, -0.2) is 4.40 Å². The van der Waals surface area contributed by atoms with Gasteiger partial charge in [0.05, 0.1) is 16.7 Å². The van der Waals surface area contributed by atoms with Crippen LogP contribution in [0.2, 0.25) is 0 Å². The van der Waals surface area contributed by atoms with Crippen LogP contribution < -0.4 is 4.90 Å². The molecule has 11 aromatic rings. The first-order valence-electron chi connectivity index (χ1n) is 19.4. The molecule has 0 N–H and O–H groups in total. The first kappa shape index (κ1) is 31.6. The van der Waals surface area contributed by atoms with Gasteiger partial charge < -0.3 is 4.90 Å². The third kappa shape index (κ3) is 4.38. The SMILES string of the molecule is CC1(C)c2ccccc2-c2cc(N(c3cccc(-c4cc5c6ccccc6n6c7sc8ccccc8c7c(c4)c56)c3)c3ccccc3-c3ccccc3)ccc21. The molecule has 2 nitrogen and oxygen atoms in total. The van der Waals surface area contributed by atoms with Crippen molar-refractivity contribution in [2.75, 3.05) is 4.90 Å². The van der Waals surface area contributed by atoms with E-state index in [4.69, 9.17) is 0 Å². The predicted octanol–water partition coefficient (Wildman–Crippen LogP) is 15.2. The minimum Gasteiger partial charge on any atom is -0.310 e. The molecule has 1 aliphatic carbocycles. The first-order chi connectivity index (χ1) is 27.5. The third-order valence-corrected chi connectivity index (χ3v) is 13.5. The Morgan fingerprint density at radius 1 is 0.464 bits per heavy atom. The Morgan fingerprint density at radius 2 is 1.14 bits per heavy atom. The molecule has 1 aliphatic rings. The van der Waals surface area contributed by atoms with E-state index >= 15 is 0 Å². The number of nitrogens with zero attached hydrogens (tertiary/aromatic N) is 2. The highest BCUT2D eigenvalue weighted by molar-refractivity contribution is 7.25. The van der Waals surface area contributed by atoms with Gasteiger partial charge in [-0.1, -0.05) is 141 Å². The van der Waals surface area contributed by atoms with E-state index in [-0.39, 0.29) is 5.41 Å². The molecule has 0 radical (unpaired) electrons. The monoisotopic (exact) mass is 732 g/mol. The zero-order valence-corrected chi connectivity index (χ0v) is 31.9. The van der Waals surface area contributed by atoms with E-state index in [0.29, 0.717) is 0 Å². The van der Waals surface area contributed by atoms with Crippen molar-refractivity contribution in [2.45, 2.75) is 19.3 Å². The number of hydrogen-bond acceptors (Lipinski definition) is 2. The fraction of sp³-hybridized carbons (Fsp3) is 0.0566. The maximum atomic E-state index is 2.51. The Hall–Kier alpha value is -6.68. The summed E-state index contributed by atoms with van der Waals surface area (Å²) in [5.41, 5.74) is 16.1. The van der Waals surface area contributed by atoms with Crippen molar-refractivity contribution in [3.8, 4) is 33.4 Å². The Morgan fingerprint density at radius 3 is 2.04 bits per heavy atom. The molecule has 12 rings (SSSR count). The number of aromatic nitrogens is 1. The maximum absolute atomic E-state index is 2.51. The number of rotatable bonds is 5. The van der Waals surface area contributed by atoms with Crippen molar-refractivity contribution in [1.82, 2.24) is 4.40 Å². The molecular formula is C53H36N2S. The molecule has 0 saturated heterocycles. The molecule has 0 aliphatic heterocycles. The van der Waals surface area contributed by atoms with Gasteiger partial charge in [-0.25, -0.2) is 0 Å². The zero-order valence-electron chi connectivity index (χ0n) is 31.1. The summed E-state index contributed by atoms with van der Waals surface area (Å²) in [7, 11) is 0. The van der Waals surface area contributed by atoms with E-state index in [9.17, 15) is 0 Å². The van der Waals surface area contributed by atoms with E-state index in [0.717, 1.165) is 17.1 Å². The van der Waals surface area contributed by atoms with Crippen molar-refractivity contribution in [1.29, 1.82) is 0 Å². The molecular weight excluding hydrogens is 697 g/mol.